The molecular formula is C12H16O3. The van der Waals surface area contributed by atoms with E-state index < -0.39 is 11.7 Å². The van der Waals surface area contributed by atoms with Crippen molar-refractivity contribution in [1.29, 1.82) is 0 Å². The van der Waals surface area contributed by atoms with Crippen LogP contribution in [0.15, 0.2) is 24.3 Å². The molecule has 0 saturated carbocycles. The third kappa shape index (κ3) is 1.97. The lowest BCUT2D eigenvalue weighted by molar-refractivity contribution is -0.147. The van der Waals surface area contributed by atoms with E-state index in [1.54, 1.807) is 12.2 Å². The van der Waals surface area contributed by atoms with Crippen LogP contribution in [0.3, 0.4) is 0 Å². The first-order valence-corrected chi connectivity index (χ1v) is 5.23. The molecule has 1 aliphatic heterocycles. The summed E-state index contributed by atoms with van der Waals surface area (Å²) in [6, 6.07) is 0. The van der Waals surface area contributed by atoms with Gasteiger partial charge in [0.2, 0.25) is 0 Å². The molecular weight excluding hydrogens is 192 g/mol. The molecule has 1 heterocycles. The first-order chi connectivity index (χ1) is 6.91. The molecule has 0 spiro atoms. The Morgan fingerprint density at radius 1 is 1.40 bits per heavy atom. The molecule has 2 rings (SSSR count). The molecule has 0 fully saturated rings. The van der Waals surface area contributed by atoms with Gasteiger partial charge in [-0.1, -0.05) is 26.0 Å². The van der Waals surface area contributed by atoms with Crippen LogP contribution in [0.25, 0.3) is 0 Å². The van der Waals surface area contributed by atoms with Crippen LogP contribution in [0.4, 0.5) is 0 Å². The summed E-state index contributed by atoms with van der Waals surface area (Å²) in [7, 11) is 0. The van der Waals surface area contributed by atoms with Gasteiger partial charge in [0, 0.05) is 6.08 Å². The normalized spacial score (nSPS) is 38.1. The Bertz CT molecular complexity index is 341. The fourth-order valence-corrected chi connectivity index (χ4v) is 1.93. The van der Waals surface area contributed by atoms with E-state index in [0.717, 1.165) is 6.42 Å². The molecule has 2 atom stereocenters. The van der Waals surface area contributed by atoms with Crippen LogP contribution >= 0.6 is 0 Å². The molecule has 0 aromatic rings. The van der Waals surface area contributed by atoms with E-state index in [-0.39, 0.29) is 11.4 Å². The summed E-state index contributed by atoms with van der Waals surface area (Å²) in [6.45, 7) is 4.25. The van der Waals surface area contributed by atoms with E-state index in [1.807, 2.05) is 6.08 Å². The van der Waals surface area contributed by atoms with Gasteiger partial charge in [0.05, 0.1) is 0 Å². The van der Waals surface area contributed by atoms with Gasteiger partial charge >= 0.3 is 5.97 Å². The van der Waals surface area contributed by atoms with Gasteiger partial charge in [0.1, 0.15) is 5.60 Å². The van der Waals surface area contributed by atoms with Gasteiger partial charge in [-0.25, -0.2) is 4.79 Å². The van der Waals surface area contributed by atoms with Crippen LogP contribution in [-0.4, -0.2) is 22.8 Å². The predicted molar refractivity (Wildman–Crippen MR) is 56.1 cm³/mol. The molecule has 2 unspecified atom stereocenters. The summed E-state index contributed by atoms with van der Waals surface area (Å²) in [5, 5.41) is 10.3. The highest BCUT2D eigenvalue weighted by Gasteiger charge is 2.41. The molecule has 2 aliphatic rings. The fraction of sp³-hybridized carbons (Fsp3) is 0.583. The number of cyclic esters (lactones) is 1. The van der Waals surface area contributed by atoms with Crippen molar-refractivity contribution >= 4 is 5.97 Å². The van der Waals surface area contributed by atoms with E-state index in [9.17, 15) is 9.90 Å². The lowest BCUT2D eigenvalue weighted by Gasteiger charge is -2.37. The summed E-state index contributed by atoms with van der Waals surface area (Å²) in [5.74, 6) is -0.369. The number of ether oxygens (including phenoxy) is 1. The molecule has 0 amide bonds. The minimum Gasteiger partial charge on any atom is -0.452 e. The molecule has 0 radical (unpaired) electrons. The number of rotatable bonds is 1. The summed E-state index contributed by atoms with van der Waals surface area (Å²) < 4.78 is 5.02. The van der Waals surface area contributed by atoms with Crippen LogP contribution in [0.1, 0.15) is 26.7 Å². The van der Waals surface area contributed by atoms with Gasteiger partial charge in [-0.3, -0.25) is 0 Å². The monoisotopic (exact) mass is 208 g/mol. The zero-order chi connectivity index (χ0) is 11.1. The molecule has 82 valence electrons. The molecule has 3 nitrogen and oxygen atoms in total. The smallest absolute Gasteiger partial charge is 0.331 e. The number of allylic oxidation sites excluding steroid dienone is 1. The third-order valence-corrected chi connectivity index (χ3v) is 3.14. The van der Waals surface area contributed by atoms with E-state index in [1.165, 1.54) is 6.08 Å². The van der Waals surface area contributed by atoms with E-state index in [2.05, 4.69) is 13.8 Å². The quantitative estimate of drug-likeness (QED) is 0.525. The first kappa shape index (κ1) is 10.4. The number of esters is 1. The van der Waals surface area contributed by atoms with Gasteiger partial charge in [-0.05, 0) is 24.3 Å². The number of aliphatic hydroxyl groups is 1. The number of hydrogen-bond donors (Lipinski definition) is 1. The third-order valence-electron chi connectivity index (χ3n) is 3.14. The van der Waals surface area contributed by atoms with E-state index in [4.69, 9.17) is 4.74 Å². The Morgan fingerprint density at radius 3 is 2.60 bits per heavy atom. The summed E-state index contributed by atoms with van der Waals surface area (Å²) in [5.41, 5.74) is -0.892. The van der Waals surface area contributed by atoms with Crippen LogP contribution in [-0.2, 0) is 9.53 Å². The van der Waals surface area contributed by atoms with Crippen molar-refractivity contribution in [2.75, 3.05) is 0 Å². The fourth-order valence-electron chi connectivity index (χ4n) is 1.93. The largest absolute Gasteiger partial charge is 0.452 e. The highest BCUT2D eigenvalue weighted by Crippen LogP contribution is 2.37. The Kier molecular flexibility index (Phi) is 2.23. The van der Waals surface area contributed by atoms with Gasteiger partial charge in [-0.15, -0.1) is 0 Å². The average Bonchev–Trinajstić information content (AvgIpc) is 2.59. The van der Waals surface area contributed by atoms with E-state index in [0.29, 0.717) is 6.42 Å². The molecule has 0 saturated heterocycles. The maximum Gasteiger partial charge on any atom is 0.331 e. The van der Waals surface area contributed by atoms with Crippen molar-refractivity contribution in [2.45, 2.75) is 38.4 Å². The first-order valence-electron chi connectivity index (χ1n) is 5.23. The molecule has 3 heteroatoms. The average molecular weight is 208 g/mol. The second kappa shape index (κ2) is 3.20. The molecule has 1 N–H and O–H groups in total. The predicted octanol–water partition coefficient (Wildman–Crippen LogP) is 1.58. The topological polar surface area (TPSA) is 46.5 Å². The Labute approximate surface area is 89.4 Å². The van der Waals surface area contributed by atoms with E-state index >= 15 is 0 Å². The van der Waals surface area contributed by atoms with Crippen molar-refractivity contribution in [3.8, 4) is 0 Å². The van der Waals surface area contributed by atoms with Crippen molar-refractivity contribution in [3.63, 3.8) is 0 Å². The SMILES string of the molecule is CC1(C)C=CC(O)(C2C=CC(=O)O2)CC1. The summed E-state index contributed by atoms with van der Waals surface area (Å²) in [6.07, 6.45) is 7.76. The van der Waals surface area contributed by atoms with Crippen LogP contribution in [0, 0.1) is 5.41 Å². The summed E-state index contributed by atoms with van der Waals surface area (Å²) in [4.78, 5) is 10.9. The van der Waals surface area contributed by atoms with Gasteiger partial charge in [0.25, 0.3) is 0 Å². The number of carbonyl (C=O) groups is 1. The number of carbonyl (C=O) groups excluding carboxylic acids is 1. The highest BCUT2D eigenvalue weighted by atomic mass is 16.6. The molecule has 0 bridgehead atoms. The van der Waals surface area contributed by atoms with Crippen LogP contribution < -0.4 is 0 Å². The lowest BCUT2D eigenvalue weighted by atomic mass is 9.75. The van der Waals surface area contributed by atoms with Gasteiger partial charge < -0.3 is 9.84 Å². The maximum atomic E-state index is 10.9. The minimum absolute atomic E-state index is 0.124. The minimum atomic E-state index is -1.02. The highest BCUT2D eigenvalue weighted by molar-refractivity contribution is 5.84. The Morgan fingerprint density at radius 2 is 2.13 bits per heavy atom. The maximum absolute atomic E-state index is 10.9. The number of hydrogen-bond acceptors (Lipinski definition) is 3. The molecule has 0 aromatic carbocycles. The molecule has 1 aliphatic carbocycles. The molecule has 15 heavy (non-hydrogen) atoms. The summed E-state index contributed by atoms with van der Waals surface area (Å²) >= 11 is 0. The second-order valence-electron chi connectivity index (χ2n) is 5.03. The van der Waals surface area contributed by atoms with Crippen molar-refractivity contribution in [1.82, 2.24) is 0 Å². The zero-order valence-corrected chi connectivity index (χ0v) is 9.06. The van der Waals surface area contributed by atoms with Crippen LogP contribution in [0.5, 0.6) is 0 Å². The lowest BCUT2D eigenvalue weighted by Crippen LogP contribution is -2.43. The second-order valence-corrected chi connectivity index (χ2v) is 5.03. The zero-order valence-electron chi connectivity index (χ0n) is 9.06. The van der Waals surface area contributed by atoms with Crippen LogP contribution in [0.2, 0.25) is 0 Å². The Hall–Kier alpha value is -1.09. The molecule has 0 aromatic heterocycles. The van der Waals surface area contributed by atoms with Crippen molar-refractivity contribution in [3.05, 3.63) is 24.3 Å². The van der Waals surface area contributed by atoms with Crippen molar-refractivity contribution in [2.24, 2.45) is 5.41 Å². The van der Waals surface area contributed by atoms with Gasteiger partial charge in [-0.2, -0.15) is 0 Å². The standard InChI is InChI=1S/C12H16O3/c1-11(2)5-7-12(14,8-6-11)9-3-4-10(13)15-9/h3-5,7,9,14H,6,8H2,1-2H3. The van der Waals surface area contributed by atoms with Gasteiger partial charge in [0.15, 0.2) is 6.10 Å². The Balaban J connectivity index is 2.16. The van der Waals surface area contributed by atoms with Crippen molar-refractivity contribution < 1.29 is 14.6 Å².